The summed E-state index contributed by atoms with van der Waals surface area (Å²) in [7, 11) is 0. The van der Waals surface area contributed by atoms with Gasteiger partial charge in [-0.3, -0.25) is 9.78 Å². The molecule has 110 valence electrons. The van der Waals surface area contributed by atoms with Gasteiger partial charge < -0.3 is 10.6 Å². The quantitative estimate of drug-likeness (QED) is 0.868. The molecule has 0 unspecified atom stereocenters. The van der Waals surface area contributed by atoms with Gasteiger partial charge in [-0.05, 0) is 60.1 Å². The Labute approximate surface area is 133 Å². The Kier molecular flexibility index (Phi) is 5.33. The highest BCUT2D eigenvalue weighted by molar-refractivity contribution is 9.10. The van der Waals surface area contributed by atoms with Gasteiger partial charge in [0.2, 0.25) is 0 Å². The molecule has 1 aromatic heterocycles. The summed E-state index contributed by atoms with van der Waals surface area (Å²) in [6, 6.07) is 11.5. The lowest BCUT2D eigenvalue weighted by molar-refractivity contribution is 0.0943. The number of amides is 1. The number of hydrogen-bond donors (Lipinski definition) is 2. The Morgan fingerprint density at radius 2 is 2.10 bits per heavy atom. The van der Waals surface area contributed by atoms with E-state index in [0.29, 0.717) is 12.1 Å². The molecule has 1 heterocycles. The van der Waals surface area contributed by atoms with Crippen LogP contribution in [0.5, 0.6) is 0 Å². The lowest BCUT2D eigenvalue weighted by atomic mass is 10.1. The van der Waals surface area contributed by atoms with E-state index in [4.69, 9.17) is 0 Å². The molecule has 1 aromatic carbocycles. The average Bonchev–Trinajstić information content (AvgIpc) is 2.46. The first kappa shape index (κ1) is 15.5. The summed E-state index contributed by atoms with van der Waals surface area (Å²) in [5.41, 5.74) is 2.49. The van der Waals surface area contributed by atoms with Crippen molar-refractivity contribution in [2.24, 2.45) is 0 Å². The molecular weight excluding hydrogens is 330 g/mol. The van der Waals surface area contributed by atoms with Crippen LogP contribution in [0.1, 0.15) is 29.9 Å². The van der Waals surface area contributed by atoms with E-state index < -0.39 is 0 Å². The van der Waals surface area contributed by atoms with Gasteiger partial charge in [-0.25, -0.2) is 0 Å². The van der Waals surface area contributed by atoms with Gasteiger partial charge in [0.05, 0.1) is 12.2 Å². The minimum absolute atomic E-state index is 0.0598. The number of aromatic nitrogens is 1. The number of nitrogens with one attached hydrogen (secondary N) is 2. The molecule has 1 amide bonds. The average molecular weight is 348 g/mol. The Morgan fingerprint density at radius 3 is 2.76 bits per heavy atom. The van der Waals surface area contributed by atoms with Crippen LogP contribution in [0.2, 0.25) is 0 Å². The number of hydrogen-bond acceptors (Lipinski definition) is 3. The van der Waals surface area contributed by atoms with E-state index in [1.54, 1.807) is 12.3 Å². The zero-order valence-electron chi connectivity index (χ0n) is 12.1. The molecule has 0 fully saturated rings. The molecule has 0 atom stereocenters. The predicted octanol–water partition coefficient (Wildman–Crippen LogP) is 3.59. The van der Waals surface area contributed by atoms with Gasteiger partial charge in [0, 0.05) is 28.0 Å². The number of halogens is 1. The Hall–Kier alpha value is -1.88. The maximum atomic E-state index is 12.0. The summed E-state index contributed by atoms with van der Waals surface area (Å²) in [5.74, 6) is -0.0598. The van der Waals surface area contributed by atoms with Crippen LogP contribution in [-0.2, 0) is 6.54 Å². The number of anilines is 1. The molecule has 2 aromatic rings. The highest BCUT2D eigenvalue weighted by Crippen LogP contribution is 2.13. The molecule has 0 spiro atoms. The van der Waals surface area contributed by atoms with Crippen molar-refractivity contribution in [1.29, 1.82) is 0 Å². The van der Waals surface area contributed by atoms with Crippen molar-refractivity contribution in [3.63, 3.8) is 0 Å². The molecule has 0 saturated heterocycles. The number of nitrogens with zero attached hydrogens (tertiary/aromatic N) is 1. The smallest absolute Gasteiger partial charge is 0.251 e. The van der Waals surface area contributed by atoms with Crippen molar-refractivity contribution < 1.29 is 4.79 Å². The second kappa shape index (κ2) is 7.22. The van der Waals surface area contributed by atoms with Gasteiger partial charge in [0.1, 0.15) is 0 Å². The third-order valence-corrected chi connectivity index (χ3v) is 3.28. The molecule has 5 heteroatoms. The number of rotatable bonds is 5. The number of benzene rings is 1. The fourth-order valence-corrected chi connectivity index (χ4v) is 2.05. The van der Waals surface area contributed by atoms with Gasteiger partial charge in [0.15, 0.2) is 0 Å². The van der Waals surface area contributed by atoms with E-state index in [1.165, 1.54) is 0 Å². The van der Waals surface area contributed by atoms with Gasteiger partial charge >= 0.3 is 0 Å². The molecule has 4 nitrogen and oxygen atoms in total. The molecule has 0 saturated carbocycles. The topological polar surface area (TPSA) is 54.0 Å². The van der Waals surface area contributed by atoms with Crippen LogP contribution in [0.15, 0.2) is 47.1 Å². The SMILES string of the molecule is CC(C)NC(=O)c1cccc(NCc2ccc(Br)cn2)c1. The largest absolute Gasteiger partial charge is 0.379 e. The highest BCUT2D eigenvalue weighted by atomic mass is 79.9. The number of pyridine rings is 1. The molecule has 0 bridgehead atoms. The summed E-state index contributed by atoms with van der Waals surface area (Å²) in [6.07, 6.45) is 1.77. The summed E-state index contributed by atoms with van der Waals surface area (Å²) < 4.78 is 0.957. The molecule has 0 radical (unpaired) electrons. The van der Waals surface area contributed by atoms with E-state index in [1.807, 2.05) is 44.2 Å². The molecule has 0 aliphatic carbocycles. The normalized spacial score (nSPS) is 10.5. The van der Waals surface area contributed by atoms with Crippen molar-refractivity contribution in [3.8, 4) is 0 Å². The van der Waals surface area contributed by atoms with Crippen molar-refractivity contribution in [1.82, 2.24) is 10.3 Å². The third kappa shape index (κ3) is 4.86. The Morgan fingerprint density at radius 1 is 1.29 bits per heavy atom. The first-order chi connectivity index (χ1) is 10.0. The lowest BCUT2D eigenvalue weighted by Gasteiger charge is -2.10. The standard InChI is InChI=1S/C16H18BrN3O/c1-11(2)20-16(21)12-4-3-5-14(8-12)19-10-15-7-6-13(17)9-18-15/h3-9,11,19H,10H2,1-2H3,(H,20,21). The number of carbonyl (C=O) groups is 1. The van der Waals surface area contributed by atoms with E-state index >= 15 is 0 Å². The van der Waals surface area contributed by atoms with Gasteiger partial charge in [0.25, 0.3) is 5.91 Å². The van der Waals surface area contributed by atoms with Crippen molar-refractivity contribution in [3.05, 3.63) is 58.3 Å². The number of carbonyl (C=O) groups excluding carboxylic acids is 1. The summed E-state index contributed by atoms with van der Waals surface area (Å²) in [6.45, 7) is 4.50. The maximum Gasteiger partial charge on any atom is 0.251 e. The van der Waals surface area contributed by atoms with E-state index in [2.05, 4.69) is 31.5 Å². The molecule has 21 heavy (non-hydrogen) atoms. The van der Waals surface area contributed by atoms with Crippen LogP contribution in [0.3, 0.4) is 0 Å². The minimum atomic E-state index is -0.0598. The molecule has 0 aliphatic rings. The van der Waals surface area contributed by atoms with Crippen molar-refractivity contribution in [2.45, 2.75) is 26.4 Å². The molecular formula is C16H18BrN3O. The molecule has 0 aliphatic heterocycles. The summed E-state index contributed by atoms with van der Waals surface area (Å²) in [5, 5.41) is 6.15. The minimum Gasteiger partial charge on any atom is -0.379 e. The van der Waals surface area contributed by atoms with E-state index in [-0.39, 0.29) is 11.9 Å². The van der Waals surface area contributed by atoms with Crippen LogP contribution in [0.25, 0.3) is 0 Å². The monoisotopic (exact) mass is 347 g/mol. The summed E-state index contributed by atoms with van der Waals surface area (Å²) >= 11 is 3.36. The van der Waals surface area contributed by atoms with Crippen LogP contribution in [0, 0.1) is 0 Å². The van der Waals surface area contributed by atoms with E-state index in [9.17, 15) is 4.79 Å². The Bertz CT molecular complexity index is 611. The van der Waals surface area contributed by atoms with Gasteiger partial charge in [-0.2, -0.15) is 0 Å². The van der Waals surface area contributed by atoms with Crippen molar-refractivity contribution >= 4 is 27.5 Å². The first-order valence-corrected chi connectivity index (χ1v) is 7.59. The third-order valence-electron chi connectivity index (χ3n) is 2.81. The molecule has 2 rings (SSSR count). The second-order valence-electron chi connectivity index (χ2n) is 5.03. The maximum absolute atomic E-state index is 12.0. The van der Waals surface area contributed by atoms with Crippen molar-refractivity contribution in [2.75, 3.05) is 5.32 Å². The highest BCUT2D eigenvalue weighted by Gasteiger charge is 2.07. The van der Waals surface area contributed by atoms with Gasteiger partial charge in [-0.1, -0.05) is 6.07 Å². The zero-order chi connectivity index (χ0) is 15.2. The van der Waals surface area contributed by atoms with E-state index in [0.717, 1.165) is 15.9 Å². The first-order valence-electron chi connectivity index (χ1n) is 6.80. The van der Waals surface area contributed by atoms with Gasteiger partial charge in [-0.15, -0.1) is 0 Å². The van der Waals surface area contributed by atoms with Crippen LogP contribution in [-0.4, -0.2) is 16.9 Å². The fraction of sp³-hybridized carbons (Fsp3) is 0.250. The second-order valence-corrected chi connectivity index (χ2v) is 5.95. The lowest BCUT2D eigenvalue weighted by Crippen LogP contribution is -2.30. The fourth-order valence-electron chi connectivity index (χ4n) is 1.82. The zero-order valence-corrected chi connectivity index (χ0v) is 13.6. The van der Waals surface area contributed by atoms with Crippen LogP contribution >= 0.6 is 15.9 Å². The van der Waals surface area contributed by atoms with Crippen LogP contribution in [0.4, 0.5) is 5.69 Å². The molecule has 2 N–H and O–H groups in total. The van der Waals surface area contributed by atoms with Crippen LogP contribution < -0.4 is 10.6 Å². The predicted molar refractivity (Wildman–Crippen MR) is 88.3 cm³/mol. The Balaban J connectivity index is 2.00. The summed E-state index contributed by atoms with van der Waals surface area (Å²) in [4.78, 5) is 16.3.